The fourth-order valence-corrected chi connectivity index (χ4v) is 3.63. The second-order valence-corrected chi connectivity index (χ2v) is 7.76. The first kappa shape index (κ1) is 19.1. The summed E-state index contributed by atoms with van der Waals surface area (Å²) in [7, 11) is 0. The topological polar surface area (TPSA) is 92.4 Å². The van der Waals surface area contributed by atoms with Crippen LogP contribution in [0.3, 0.4) is 0 Å². The maximum atomic E-state index is 5.41. The highest BCUT2D eigenvalue weighted by Crippen LogP contribution is 2.19. The zero-order valence-corrected chi connectivity index (χ0v) is 16.7. The summed E-state index contributed by atoms with van der Waals surface area (Å²) in [5.74, 6) is 3.40. The van der Waals surface area contributed by atoms with Crippen LogP contribution < -0.4 is 10.2 Å². The fourth-order valence-electron chi connectivity index (χ4n) is 3.63. The van der Waals surface area contributed by atoms with Crippen LogP contribution in [0.1, 0.15) is 44.3 Å². The van der Waals surface area contributed by atoms with Crippen molar-refractivity contribution >= 4 is 11.8 Å². The second-order valence-electron chi connectivity index (χ2n) is 7.76. The molecule has 9 nitrogen and oxygen atoms in total. The zero-order chi connectivity index (χ0) is 19.3. The van der Waals surface area contributed by atoms with Crippen molar-refractivity contribution in [2.75, 3.05) is 49.6 Å². The summed E-state index contributed by atoms with van der Waals surface area (Å²) in [6.07, 6.45) is 4.07. The van der Waals surface area contributed by atoms with E-state index in [9.17, 15) is 0 Å². The molecule has 0 aliphatic carbocycles. The Kier molecular flexibility index (Phi) is 6.01. The molecule has 152 valence electrons. The van der Waals surface area contributed by atoms with Crippen LogP contribution in [0.15, 0.2) is 16.8 Å². The van der Waals surface area contributed by atoms with Crippen molar-refractivity contribution in [3.8, 4) is 0 Å². The van der Waals surface area contributed by atoms with Crippen LogP contribution in [-0.2, 0) is 11.3 Å². The molecule has 1 unspecified atom stereocenters. The van der Waals surface area contributed by atoms with E-state index in [-0.39, 0.29) is 5.92 Å². The van der Waals surface area contributed by atoms with Crippen LogP contribution in [0.2, 0.25) is 0 Å². The summed E-state index contributed by atoms with van der Waals surface area (Å²) in [5.41, 5.74) is 0. The Labute approximate surface area is 165 Å². The Balaban J connectivity index is 1.34. The molecule has 2 aliphatic rings. The molecule has 0 aromatic carbocycles. The van der Waals surface area contributed by atoms with Crippen LogP contribution in [0.25, 0.3) is 0 Å². The Bertz CT molecular complexity index is 760. The molecule has 2 aromatic rings. The quantitative estimate of drug-likeness (QED) is 0.797. The molecular formula is C19H29N7O2. The van der Waals surface area contributed by atoms with Crippen LogP contribution in [0.4, 0.5) is 11.8 Å². The van der Waals surface area contributed by atoms with E-state index < -0.39 is 0 Å². The van der Waals surface area contributed by atoms with Gasteiger partial charge in [0.1, 0.15) is 5.82 Å². The van der Waals surface area contributed by atoms with Gasteiger partial charge in [-0.15, -0.1) is 0 Å². The lowest BCUT2D eigenvalue weighted by Crippen LogP contribution is -2.42. The number of morpholine rings is 1. The molecule has 1 atom stereocenters. The van der Waals surface area contributed by atoms with Gasteiger partial charge in [0.15, 0.2) is 5.82 Å². The standard InChI is InChI=1S/C19H29N7O2/c1-14(2)18-23-17(28-24-18)13-25-7-3-4-15(12-25)21-16-5-6-20-19(22-16)26-8-10-27-11-9-26/h5-6,14-15H,3-4,7-13H2,1-2H3,(H,20,21,22). The number of ether oxygens (including phenoxy) is 1. The summed E-state index contributed by atoms with van der Waals surface area (Å²) in [6.45, 7) is 9.94. The highest BCUT2D eigenvalue weighted by atomic mass is 16.5. The number of nitrogens with one attached hydrogen (secondary N) is 1. The van der Waals surface area contributed by atoms with Crippen molar-refractivity contribution in [2.24, 2.45) is 0 Å². The number of anilines is 2. The smallest absolute Gasteiger partial charge is 0.240 e. The number of hydrogen-bond acceptors (Lipinski definition) is 9. The van der Waals surface area contributed by atoms with E-state index in [0.717, 1.165) is 69.8 Å². The zero-order valence-electron chi connectivity index (χ0n) is 16.7. The molecule has 28 heavy (non-hydrogen) atoms. The van der Waals surface area contributed by atoms with Gasteiger partial charge in [-0.3, -0.25) is 4.90 Å². The molecule has 0 saturated carbocycles. The molecular weight excluding hydrogens is 358 g/mol. The summed E-state index contributed by atoms with van der Waals surface area (Å²) in [6, 6.07) is 2.28. The van der Waals surface area contributed by atoms with Crippen LogP contribution >= 0.6 is 0 Å². The maximum Gasteiger partial charge on any atom is 0.240 e. The molecule has 9 heteroatoms. The lowest BCUT2D eigenvalue weighted by molar-refractivity contribution is 0.122. The lowest BCUT2D eigenvalue weighted by atomic mass is 10.1. The van der Waals surface area contributed by atoms with Crippen molar-refractivity contribution in [1.29, 1.82) is 0 Å². The third kappa shape index (κ3) is 4.77. The first-order valence-corrected chi connectivity index (χ1v) is 10.1. The van der Waals surface area contributed by atoms with Crippen LogP contribution in [0, 0.1) is 0 Å². The molecule has 2 fully saturated rings. The average molecular weight is 387 g/mol. The molecule has 2 aliphatic heterocycles. The Morgan fingerprint density at radius 1 is 1.21 bits per heavy atom. The van der Waals surface area contributed by atoms with Gasteiger partial charge in [0.25, 0.3) is 0 Å². The minimum atomic E-state index is 0.284. The van der Waals surface area contributed by atoms with Gasteiger partial charge in [0.05, 0.1) is 19.8 Å². The molecule has 4 heterocycles. The van der Waals surface area contributed by atoms with E-state index in [2.05, 4.69) is 44.1 Å². The minimum absolute atomic E-state index is 0.284. The molecule has 0 spiro atoms. The molecule has 1 N–H and O–H groups in total. The number of likely N-dealkylation sites (tertiary alicyclic amines) is 1. The molecule has 0 amide bonds. The van der Waals surface area contributed by atoms with Crippen LogP contribution in [0.5, 0.6) is 0 Å². The summed E-state index contributed by atoms with van der Waals surface area (Å²) in [4.78, 5) is 18.2. The third-order valence-electron chi connectivity index (χ3n) is 5.15. The summed E-state index contributed by atoms with van der Waals surface area (Å²) < 4.78 is 10.8. The number of nitrogens with zero attached hydrogens (tertiary/aromatic N) is 6. The van der Waals surface area contributed by atoms with Crippen molar-refractivity contribution < 1.29 is 9.26 Å². The third-order valence-corrected chi connectivity index (χ3v) is 5.15. The van der Waals surface area contributed by atoms with Gasteiger partial charge in [0.2, 0.25) is 11.8 Å². The highest BCUT2D eigenvalue weighted by Gasteiger charge is 2.23. The lowest BCUT2D eigenvalue weighted by Gasteiger charge is -2.32. The number of hydrogen-bond donors (Lipinski definition) is 1. The van der Waals surface area contributed by atoms with E-state index in [1.54, 1.807) is 0 Å². The number of rotatable bonds is 6. The van der Waals surface area contributed by atoms with E-state index in [0.29, 0.717) is 18.5 Å². The predicted octanol–water partition coefficient (Wildman–Crippen LogP) is 1.90. The largest absolute Gasteiger partial charge is 0.378 e. The molecule has 4 rings (SSSR count). The van der Waals surface area contributed by atoms with E-state index >= 15 is 0 Å². The minimum Gasteiger partial charge on any atom is -0.378 e. The summed E-state index contributed by atoms with van der Waals surface area (Å²) in [5, 5.41) is 7.65. The number of aromatic nitrogens is 4. The van der Waals surface area contributed by atoms with Gasteiger partial charge >= 0.3 is 0 Å². The second kappa shape index (κ2) is 8.83. The normalized spacial score (nSPS) is 21.2. The van der Waals surface area contributed by atoms with Gasteiger partial charge in [0, 0.05) is 37.8 Å². The Hall–Kier alpha value is -2.26. The number of piperidine rings is 1. The molecule has 0 bridgehead atoms. The summed E-state index contributed by atoms with van der Waals surface area (Å²) >= 11 is 0. The SMILES string of the molecule is CC(C)c1noc(CN2CCCC(Nc3ccnc(N4CCOCC4)n3)C2)n1. The Morgan fingerprint density at radius 2 is 2.07 bits per heavy atom. The maximum absolute atomic E-state index is 5.41. The average Bonchev–Trinajstić information content (AvgIpc) is 3.18. The van der Waals surface area contributed by atoms with Gasteiger partial charge < -0.3 is 19.5 Å². The fraction of sp³-hybridized carbons (Fsp3) is 0.684. The van der Waals surface area contributed by atoms with Gasteiger partial charge in [-0.1, -0.05) is 19.0 Å². The monoisotopic (exact) mass is 387 g/mol. The first-order chi connectivity index (χ1) is 13.7. The molecule has 0 radical (unpaired) electrons. The van der Waals surface area contributed by atoms with Crippen molar-refractivity contribution in [1.82, 2.24) is 25.0 Å². The van der Waals surface area contributed by atoms with Crippen LogP contribution in [-0.4, -0.2) is 70.4 Å². The van der Waals surface area contributed by atoms with Crippen molar-refractivity contribution in [3.63, 3.8) is 0 Å². The van der Waals surface area contributed by atoms with Crippen molar-refractivity contribution in [3.05, 3.63) is 24.0 Å². The highest BCUT2D eigenvalue weighted by molar-refractivity contribution is 5.42. The molecule has 2 aromatic heterocycles. The van der Waals surface area contributed by atoms with Crippen molar-refractivity contribution in [2.45, 2.75) is 45.2 Å². The van der Waals surface area contributed by atoms with E-state index in [4.69, 9.17) is 14.2 Å². The van der Waals surface area contributed by atoms with Gasteiger partial charge in [-0.05, 0) is 25.5 Å². The first-order valence-electron chi connectivity index (χ1n) is 10.1. The van der Waals surface area contributed by atoms with Gasteiger partial charge in [-0.2, -0.15) is 9.97 Å². The van der Waals surface area contributed by atoms with E-state index in [1.807, 2.05) is 12.3 Å². The van der Waals surface area contributed by atoms with E-state index in [1.165, 1.54) is 0 Å². The molecule has 2 saturated heterocycles. The predicted molar refractivity (Wildman–Crippen MR) is 105 cm³/mol. The Morgan fingerprint density at radius 3 is 2.86 bits per heavy atom. The van der Waals surface area contributed by atoms with Gasteiger partial charge in [-0.25, -0.2) is 4.98 Å².